The SMILES string of the molecule is COc1ccc(-c2ccc3c(CC(=O)NCCN(C)C4CCCCC4)c[nH]c3c2)cc1. The number of nitrogens with one attached hydrogen (secondary N) is 2. The maximum atomic E-state index is 12.5. The van der Waals surface area contributed by atoms with E-state index in [1.54, 1.807) is 7.11 Å². The van der Waals surface area contributed by atoms with Gasteiger partial charge in [0.05, 0.1) is 13.5 Å². The number of fused-ring (bicyclic) bond motifs is 1. The Balaban J connectivity index is 1.33. The Morgan fingerprint density at radius 2 is 1.84 bits per heavy atom. The van der Waals surface area contributed by atoms with Gasteiger partial charge in [-0.15, -0.1) is 0 Å². The number of rotatable bonds is 8. The van der Waals surface area contributed by atoms with Gasteiger partial charge < -0.3 is 19.9 Å². The van der Waals surface area contributed by atoms with Gasteiger partial charge in [-0.2, -0.15) is 0 Å². The standard InChI is InChI=1S/C26H33N3O2/c1-29(22-6-4-3-5-7-22)15-14-27-26(30)17-21-18-28-25-16-20(10-13-24(21)25)19-8-11-23(31-2)12-9-19/h8-13,16,18,22,28H,3-7,14-15,17H2,1-2H3,(H,27,30). The van der Waals surface area contributed by atoms with Gasteiger partial charge in [0.1, 0.15) is 5.75 Å². The highest BCUT2D eigenvalue weighted by Crippen LogP contribution is 2.27. The van der Waals surface area contributed by atoms with Crippen LogP contribution in [0.5, 0.6) is 5.75 Å². The number of benzene rings is 2. The Kier molecular flexibility index (Phi) is 6.92. The average Bonchev–Trinajstić information content (AvgIpc) is 3.21. The fourth-order valence-electron chi connectivity index (χ4n) is 4.61. The number of aromatic amines is 1. The number of carbonyl (C=O) groups is 1. The van der Waals surface area contributed by atoms with Gasteiger partial charge in [-0.25, -0.2) is 0 Å². The molecule has 4 rings (SSSR count). The summed E-state index contributed by atoms with van der Waals surface area (Å²) in [4.78, 5) is 18.2. The van der Waals surface area contributed by atoms with Crippen LogP contribution >= 0.6 is 0 Å². The molecule has 0 atom stereocenters. The molecule has 1 aromatic heterocycles. The maximum absolute atomic E-state index is 12.5. The fourth-order valence-corrected chi connectivity index (χ4v) is 4.61. The normalized spacial score (nSPS) is 14.8. The summed E-state index contributed by atoms with van der Waals surface area (Å²) in [6.45, 7) is 1.62. The molecule has 5 heteroatoms. The minimum atomic E-state index is 0.0807. The Bertz CT molecular complexity index is 1000. The molecule has 31 heavy (non-hydrogen) atoms. The van der Waals surface area contributed by atoms with Crippen molar-refractivity contribution in [2.24, 2.45) is 0 Å². The number of H-pyrrole nitrogens is 1. The molecule has 1 aliphatic carbocycles. The van der Waals surface area contributed by atoms with Gasteiger partial charge in [-0.3, -0.25) is 4.79 Å². The molecule has 5 nitrogen and oxygen atoms in total. The van der Waals surface area contributed by atoms with Crippen LogP contribution in [0.25, 0.3) is 22.0 Å². The molecule has 0 spiro atoms. The van der Waals surface area contributed by atoms with E-state index in [4.69, 9.17) is 4.74 Å². The largest absolute Gasteiger partial charge is 0.497 e. The highest BCUT2D eigenvalue weighted by molar-refractivity contribution is 5.91. The lowest BCUT2D eigenvalue weighted by Crippen LogP contribution is -2.39. The number of nitrogens with zero attached hydrogens (tertiary/aromatic N) is 1. The maximum Gasteiger partial charge on any atom is 0.224 e. The van der Waals surface area contributed by atoms with Crippen molar-refractivity contribution in [2.45, 2.75) is 44.6 Å². The van der Waals surface area contributed by atoms with E-state index in [0.29, 0.717) is 19.0 Å². The zero-order chi connectivity index (χ0) is 21.6. The van der Waals surface area contributed by atoms with Crippen molar-refractivity contribution in [3.8, 4) is 16.9 Å². The summed E-state index contributed by atoms with van der Waals surface area (Å²) in [6.07, 6.45) is 8.97. The second-order valence-electron chi connectivity index (χ2n) is 8.60. The summed E-state index contributed by atoms with van der Waals surface area (Å²) < 4.78 is 5.24. The number of hydrogen-bond donors (Lipinski definition) is 2. The molecular formula is C26H33N3O2. The monoisotopic (exact) mass is 419 g/mol. The summed E-state index contributed by atoms with van der Waals surface area (Å²) in [6, 6.07) is 15.1. The predicted molar refractivity (Wildman–Crippen MR) is 127 cm³/mol. The van der Waals surface area contributed by atoms with Gasteiger partial charge in [-0.1, -0.05) is 43.5 Å². The molecule has 1 amide bonds. The second-order valence-corrected chi connectivity index (χ2v) is 8.60. The van der Waals surface area contributed by atoms with Crippen LogP contribution in [0.4, 0.5) is 0 Å². The van der Waals surface area contributed by atoms with Crippen LogP contribution in [0, 0.1) is 0 Å². The van der Waals surface area contributed by atoms with E-state index in [2.05, 4.69) is 52.6 Å². The quantitative estimate of drug-likeness (QED) is 0.553. The van der Waals surface area contributed by atoms with Crippen molar-refractivity contribution in [3.63, 3.8) is 0 Å². The van der Waals surface area contributed by atoms with Gasteiger partial charge in [0.15, 0.2) is 0 Å². The minimum absolute atomic E-state index is 0.0807. The van der Waals surface area contributed by atoms with Crippen molar-refractivity contribution in [1.29, 1.82) is 0 Å². The molecule has 164 valence electrons. The lowest BCUT2D eigenvalue weighted by atomic mass is 9.94. The van der Waals surface area contributed by atoms with Crippen LogP contribution in [-0.2, 0) is 11.2 Å². The molecule has 0 saturated heterocycles. The van der Waals surface area contributed by atoms with Crippen LogP contribution in [0.1, 0.15) is 37.7 Å². The minimum Gasteiger partial charge on any atom is -0.497 e. The molecule has 0 radical (unpaired) electrons. The first-order chi connectivity index (χ1) is 15.1. The Hall–Kier alpha value is -2.79. The Morgan fingerprint density at radius 1 is 1.10 bits per heavy atom. The number of ether oxygens (including phenoxy) is 1. The van der Waals surface area contributed by atoms with Gasteiger partial charge in [0.2, 0.25) is 5.91 Å². The predicted octanol–water partition coefficient (Wildman–Crippen LogP) is 4.77. The third kappa shape index (κ3) is 5.28. The van der Waals surface area contributed by atoms with Crippen molar-refractivity contribution in [1.82, 2.24) is 15.2 Å². The van der Waals surface area contributed by atoms with Crippen molar-refractivity contribution in [3.05, 3.63) is 54.2 Å². The van der Waals surface area contributed by atoms with Crippen molar-refractivity contribution < 1.29 is 9.53 Å². The molecule has 1 saturated carbocycles. The van der Waals surface area contributed by atoms with Crippen molar-refractivity contribution >= 4 is 16.8 Å². The van der Waals surface area contributed by atoms with Crippen LogP contribution in [0.15, 0.2) is 48.7 Å². The summed E-state index contributed by atoms with van der Waals surface area (Å²) >= 11 is 0. The average molecular weight is 420 g/mol. The fraction of sp³-hybridized carbons (Fsp3) is 0.423. The first-order valence-corrected chi connectivity index (χ1v) is 11.4. The first kappa shape index (κ1) is 21.4. The topological polar surface area (TPSA) is 57.4 Å². The zero-order valence-corrected chi connectivity index (χ0v) is 18.6. The van der Waals surface area contributed by atoms with E-state index in [9.17, 15) is 4.79 Å². The lowest BCUT2D eigenvalue weighted by molar-refractivity contribution is -0.120. The summed E-state index contributed by atoms with van der Waals surface area (Å²) in [5.41, 5.74) is 4.36. The highest BCUT2D eigenvalue weighted by atomic mass is 16.5. The summed E-state index contributed by atoms with van der Waals surface area (Å²) in [7, 11) is 3.86. The molecule has 3 aromatic rings. The van der Waals surface area contributed by atoms with Gasteiger partial charge in [0.25, 0.3) is 0 Å². The van der Waals surface area contributed by atoms with Gasteiger partial charge in [0, 0.05) is 36.2 Å². The van der Waals surface area contributed by atoms with E-state index in [0.717, 1.165) is 39.9 Å². The van der Waals surface area contributed by atoms with Crippen LogP contribution < -0.4 is 10.1 Å². The molecule has 1 heterocycles. The number of hydrogen-bond acceptors (Lipinski definition) is 3. The van der Waals surface area contributed by atoms with Crippen LogP contribution in [-0.4, -0.2) is 49.1 Å². The van der Waals surface area contributed by atoms with E-state index in [-0.39, 0.29) is 5.91 Å². The van der Waals surface area contributed by atoms with E-state index < -0.39 is 0 Å². The lowest BCUT2D eigenvalue weighted by Gasteiger charge is -2.31. The summed E-state index contributed by atoms with van der Waals surface area (Å²) in [5.74, 6) is 0.931. The molecular weight excluding hydrogens is 386 g/mol. The first-order valence-electron chi connectivity index (χ1n) is 11.4. The number of aromatic nitrogens is 1. The molecule has 0 bridgehead atoms. The van der Waals surface area contributed by atoms with E-state index in [1.165, 1.54) is 32.1 Å². The molecule has 2 aromatic carbocycles. The molecule has 1 fully saturated rings. The number of amides is 1. The molecule has 2 N–H and O–H groups in total. The molecule has 1 aliphatic rings. The third-order valence-corrected chi connectivity index (χ3v) is 6.53. The van der Waals surface area contributed by atoms with Crippen LogP contribution in [0.3, 0.4) is 0 Å². The Morgan fingerprint density at radius 3 is 2.58 bits per heavy atom. The molecule has 0 unspecified atom stereocenters. The number of carbonyl (C=O) groups excluding carboxylic acids is 1. The number of likely N-dealkylation sites (N-methyl/N-ethyl adjacent to an activating group) is 1. The summed E-state index contributed by atoms with van der Waals surface area (Å²) in [5, 5.41) is 4.20. The number of methoxy groups -OCH3 is 1. The highest BCUT2D eigenvalue weighted by Gasteiger charge is 2.17. The molecule has 0 aliphatic heterocycles. The third-order valence-electron chi connectivity index (χ3n) is 6.53. The van der Waals surface area contributed by atoms with E-state index in [1.807, 2.05) is 18.3 Å². The zero-order valence-electron chi connectivity index (χ0n) is 18.6. The van der Waals surface area contributed by atoms with E-state index >= 15 is 0 Å². The smallest absolute Gasteiger partial charge is 0.224 e. The van der Waals surface area contributed by atoms with Gasteiger partial charge >= 0.3 is 0 Å². The van der Waals surface area contributed by atoms with Crippen molar-refractivity contribution in [2.75, 3.05) is 27.2 Å². The van der Waals surface area contributed by atoms with Gasteiger partial charge in [-0.05, 0) is 54.8 Å². The second kappa shape index (κ2) is 10.0. The van der Waals surface area contributed by atoms with Crippen LogP contribution in [0.2, 0.25) is 0 Å². The Labute approximate surface area is 184 Å².